The zero-order chi connectivity index (χ0) is 56.4. The van der Waals surface area contributed by atoms with Crippen LogP contribution in [0.15, 0.2) is 322 Å². The van der Waals surface area contributed by atoms with Crippen LogP contribution in [-0.2, 0) is 0 Å². The Morgan fingerprint density at radius 1 is 0.224 bits per heavy atom. The Hall–Kier alpha value is -11.1. The average molecular weight is 1110 g/mol. The molecule has 0 radical (unpaired) electrons. The highest BCUT2D eigenvalue weighted by molar-refractivity contribution is 6.40. The molecule has 0 aliphatic heterocycles. The lowest BCUT2D eigenvalue weighted by Crippen LogP contribution is -2.17. The molecule has 0 aliphatic carbocycles. The molecule has 6 nitrogen and oxygen atoms in total. The molecule has 0 spiro atoms. The molecule has 0 atom stereocenters. The molecule has 0 bridgehead atoms. The van der Waals surface area contributed by atoms with Crippen molar-refractivity contribution in [3.8, 4) is 17.1 Å². The molecule has 3 heterocycles. The number of nitrogens with zero attached hydrogens (tertiary/aromatic N) is 6. The predicted octanol–water partition coefficient (Wildman–Crippen LogP) is 22.0. The summed E-state index contributed by atoms with van der Waals surface area (Å²) >= 11 is 8.28. The second-order valence-electron chi connectivity index (χ2n) is 21.4. The van der Waals surface area contributed by atoms with Crippen molar-refractivity contribution in [3.63, 3.8) is 0 Å². The Kier molecular flexibility index (Phi) is 12.1. The molecule has 0 aliphatic rings. The monoisotopic (exact) mass is 1110 g/mol. The van der Waals surface area contributed by atoms with Gasteiger partial charge in [0.1, 0.15) is 0 Å². The molecule has 0 saturated heterocycles. The summed E-state index contributed by atoms with van der Waals surface area (Å²) in [4.78, 5) is 6.92. The minimum atomic E-state index is 0.579. The maximum atomic E-state index is 8.28. The number of hydrogen-bond acceptors (Lipinski definition) is 3. The van der Waals surface area contributed by atoms with Crippen molar-refractivity contribution >= 4 is 128 Å². The average Bonchev–Trinajstić information content (AvgIpc) is 1.53. The Morgan fingerprint density at radius 3 is 0.859 bits per heavy atom. The van der Waals surface area contributed by atoms with Crippen LogP contribution < -0.4 is 14.7 Å². The third kappa shape index (κ3) is 8.17. The van der Waals surface area contributed by atoms with E-state index in [1.54, 1.807) is 0 Å². The van der Waals surface area contributed by atoms with Crippen molar-refractivity contribution in [1.82, 2.24) is 13.7 Å². The number of anilines is 9. The van der Waals surface area contributed by atoms with Crippen molar-refractivity contribution < 1.29 is 0 Å². The molecule has 402 valence electrons. The smallest absolute Gasteiger partial charge is 0.0888 e. The molecule has 0 N–H and O–H groups in total. The Morgan fingerprint density at radius 2 is 0.494 bits per heavy atom. The molecule has 85 heavy (non-hydrogen) atoms. The lowest BCUT2D eigenvalue weighted by atomic mass is 10.0. The second kappa shape index (κ2) is 20.7. The van der Waals surface area contributed by atoms with Crippen LogP contribution in [0.1, 0.15) is 0 Å². The molecule has 16 rings (SSSR count). The van der Waals surface area contributed by atoms with Gasteiger partial charge >= 0.3 is 0 Å². The molecule has 16 aromatic rings. The number of benzene rings is 13. The number of rotatable bonds is 12. The van der Waals surface area contributed by atoms with E-state index in [9.17, 15) is 0 Å². The second-order valence-corrected chi connectivity index (χ2v) is 21.8. The molecule has 0 amide bonds. The lowest BCUT2D eigenvalue weighted by molar-refractivity contribution is 1.16. The summed E-state index contributed by atoms with van der Waals surface area (Å²) in [5.74, 6) is 0. The van der Waals surface area contributed by atoms with E-state index in [2.05, 4.69) is 350 Å². The molecular formula is C78H53ClN6. The van der Waals surface area contributed by atoms with Gasteiger partial charge in [0.15, 0.2) is 0 Å². The van der Waals surface area contributed by atoms with Gasteiger partial charge in [-0.05, 0) is 133 Å². The lowest BCUT2D eigenvalue weighted by Gasteiger charge is -2.34. The molecule has 0 unspecified atom stereocenters. The molecule has 0 saturated carbocycles. The number of halogens is 1. The highest BCUT2D eigenvalue weighted by Gasteiger charge is 2.31. The Balaban J connectivity index is 1.03. The summed E-state index contributed by atoms with van der Waals surface area (Å²) in [5, 5.41) is 7.69. The third-order valence-corrected chi connectivity index (χ3v) is 16.9. The molecule has 7 heteroatoms. The van der Waals surface area contributed by atoms with E-state index in [1.807, 2.05) is 0 Å². The largest absolute Gasteiger partial charge is 0.310 e. The number of para-hydroxylation sites is 10. The van der Waals surface area contributed by atoms with Crippen molar-refractivity contribution in [3.05, 3.63) is 327 Å². The summed E-state index contributed by atoms with van der Waals surface area (Å²) in [6.45, 7) is 0. The van der Waals surface area contributed by atoms with Crippen LogP contribution in [0.25, 0.3) is 82.5 Å². The van der Waals surface area contributed by atoms with E-state index >= 15 is 0 Å². The first kappa shape index (κ1) is 49.7. The first-order valence-electron chi connectivity index (χ1n) is 28.8. The maximum absolute atomic E-state index is 8.28. The van der Waals surface area contributed by atoms with Gasteiger partial charge in [-0.15, -0.1) is 0 Å². The van der Waals surface area contributed by atoms with Gasteiger partial charge in [-0.2, -0.15) is 0 Å². The van der Waals surface area contributed by atoms with Crippen molar-refractivity contribution in [2.45, 2.75) is 0 Å². The third-order valence-electron chi connectivity index (χ3n) is 16.5. The van der Waals surface area contributed by atoms with Gasteiger partial charge in [0.25, 0.3) is 0 Å². The SMILES string of the molecule is Clc1c(N(c2ccccc2)c2ccccc2)cc(N(c2ccccc2)c2ccccc2)cc1N(c1ccccc1)c1cccc(-n2c3ccccc3c3c4c(c5ccccc5n4-c4ccccc4)c4c(c5ccccc5n4-c4ccccc4)c32)c1. The minimum Gasteiger partial charge on any atom is -0.310 e. The molecule has 13 aromatic carbocycles. The normalized spacial score (nSPS) is 11.6. The Bertz CT molecular complexity index is 4970. The van der Waals surface area contributed by atoms with E-state index in [1.165, 1.54) is 26.9 Å². The van der Waals surface area contributed by atoms with Crippen LogP contribution in [0.2, 0.25) is 5.02 Å². The van der Waals surface area contributed by atoms with Crippen molar-refractivity contribution in [1.29, 1.82) is 0 Å². The quantitative estimate of drug-likeness (QED) is 0.122. The van der Waals surface area contributed by atoms with Crippen LogP contribution in [0.4, 0.5) is 51.2 Å². The van der Waals surface area contributed by atoms with Gasteiger partial charge in [0.05, 0.1) is 55.2 Å². The van der Waals surface area contributed by atoms with Gasteiger partial charge in [0, 0.05) is 83.5 Å². The summed E-state index contributed by atoms with van der Waals surface area (Å²) in [6, 6.07) is 115. The topological polar surface area (TPSA) is 24.5 Å². The summed E-state index contributed by atoms with van der Waals surface area (Å²) in [5.41, 5.74) is 18.4. The van der Waals surface area contributed by atoms with Crippen LogP contribution in [-0.4, -0.2) is 13.7 Å². The molecule has 0 fully saturated rings. The van der Waals surface area contributed by atoms with Gasteiger partial charge < -0.3 is 28.4 Å². The summed E-state index contributed by atoms with van der Waals surface area (Å²) < 4.78 is 7.52. The van der Waals surface area contributed by atoms with E-state index in [0.29, 0.717) is 5.02 Å². The number of aromatic nitrogens is 3. The zero-order valence-corrected chi connectivity index (χ0v) is 46.9. The maximum Gasteiger partial charge on any atom is 0.0888 e. The van der Waals surface area contributed by atoms with Crippen molar-refractivity contribution in [2.24, 2.45) is 0 Å². The highest BCUT2D eigenvalue weighted by atomic mass is 35.5. The standard InChI is InChI=1S/C78H53ClN6/c79-75-70(81(56-33-12-3-13-34-56)57-35-14-4-15-36-57)52-63(80(54-29-8-1-9-30-54)55-31-10-2-11-32-55)53-71(75)82(58-37-16-5-17-38-58)61-43-28-44-62(51-61)85-69-50-27-24-47-66(69)74-77-72(64-45-22-25-48-67(64)83(77)59-39-18-6-19-40-59)76-73(78(74)85)65-46-23-26-49-68(65)84(76)60-41-20-7-21-42-60/h1-53H. The Labute approximate surface area is 497 Å². The van der Waals surface area contributed by atoms with Crippen LogP contribution in [0.5, 0.6) is 0 Å². The fraction of sp³-hybridized carbons (Fsp3) is 0. The fourth-order valence-electron chi connectivity index (χ4n) is 13.1. The van der Waals surface area contributed by atoms with E-state index in [0.717, 1.165) is 107 Å². The zero-order valence-electron chi connectivity index (χ0n) is 46.2. The molecular weight excluding hydrogens is 1060 g/mol. The number of fused-ring (bicyclic) bond motifs is 12. The van der Waals surface area contributed by atoms with Crippen LogP contribution >= 0.6 is 11.6 Å². The van der Waals surface area contributed by atoms with Crippen LogP contribution in [0.3, 0.4) is 0 Å². The first-order chi connectivity index (χ1) is 42.2. The van der Waals surface area contributed by atoms with E-state index < -0.39 is 0 Å². The summed E-state index contributed by atoms with van der Waals surface area (Å²) in [7, 11) is 0. The minimum absolute atomic E-state index is 0.579. The first-order valence-corrected chi connectivity index (χ1v) is 29.2. The van der Waals surface area contributed by atoms with E-state index in [-0.39, 0.29) is 0 Å². The van der Waals surface area contributed by atoms with Crippen LogP contribution in [0, 0.1) is 0 Å². The van der Waals surface area contributed by atoms with Crippen molar-refractivity contribution in [2.75, 3.05) is 14.7 Å². The van der Waals surface area contributed by atoms with E-state index in [4.69, 9.17) is 11.6 Å². The number of hydrogen-bond donors (Lipinski definition) is 0. The van der Waals surface area contributed by atoms with Gasteiger partial charge in [-0.1, -0.05) is 200 Å². The fourth-order valence-corrected chi connectivity index (χ4v) is 13.4. The van der Waals surface area contributed by atoms with Gasteiger partial charge in [0.2, 0.25) is 0 Å². The molecule has 3 aromatic heterocycles. The highest BCUT2D eigenvalue weighted by Crippen LogP contribution is 2.53. The van der Waals surface area contributed by atoms with Gasteiger partial charge in [-0.25, -0.2) is 0 Å². The van der Waals surface area contributed by atoms with Gasteiger partial charge in [-0.3, -0.25) is 0 Å². The predicted molar refractivity (Wildman–Crippen MR) is 359 cm³/mol. The summed E-state index contributed by atoms with van der Waals surface area (Å²) in [6.07, 6.45) is 0.